The van der Waals surface area contributed by atoms with Crippen molar-refractivity contribution in [1.29, 1.82) is 0 Å². The highest BCUT2D eigenvalue weighted by molar-refractivity contribution is 6.30. The molecule has 0 aliphatic carbocycles. The number of carbonyl (C=O) groups is 2. The van der Waals surface area contributed by atoms with Crippen molar-refractivity contribution in [1.82, 2.24) is 10.9 Å². The molecule has 0 bridgehead atoms. The fourth-order valence-corrected chi connectivity index (χ4v) is 1.62. The minimum absolute atomic E-state index is 0.117. The molecule has 1 aromatic carbocycles. The Morgan fingerprint density at radius 1 is 1.39 bits per heavy atom. The van der Waals surface area contributed by atoms with Crippen LogP contribution in [0.3, 0.4) is 0 Å². The minimum atomic E-state index is -0.300. The zero-order valence-corrected chi connectivity index (χ0v) is 11.1. The van der Waals surface area contributed by atoms with Gasteiger partial charge in [0.25, 0.3) is 5.91 Å². The zero-order chi connectivity index (χ0) is 13.5. The lowest BCUT2D eigenvalue weighted by Gasteiger charge is -2.11. The Labute approximate surface area is 111 Å². The summed E-state index contributed by atoms with van der Waals surface area (Å²) >= 11 is 5.90. The van der Waals surface area contributed by atoms with Crippen LogP contribution >= 0.6 is 11.6 Å². The standard InChI is InChI=1S/C12H16ClN3O2/c1-8(10-4-3-5-11(13)6-10)14-7-12(18)16-15-9(2)17/h3-6,8,14H,7H2,1-2H3,(H,15,17)(H,16,18)/p+1/t8-/m0/s1. The second-order valence-electron chi connectivity index (χ2n) is 4.01. The summed E-state index contributed by atoms with van der Waals surface area (Å²) < 4.78 is 0. The highest BCUT2D eigenvalue weighted by atomic mass is 35.5. The molecule has 5 nitrogen and oxygen atoms in total. The van der Waals surface area contributed by atoms with E-state index in [2.05, 4.69) is 10.9 Å². The fraction of sp³-hybridized carbons (Fsp3) is 0.333. The van der Waals surface area contributed by atoms with Crippen molar-refractivity contribution in [3.63, 3.8) is 0 Å². The number of amides is 2. The summed E-state index contributed by atoms with van der Waals surface area (Å²) in [6.45, 7) is 3.55. The SMILES string of the molecule is CC(=O)NNC(=O)C[NH2+][C@@H](C)c1cccc(Cl)c1. The van der Waals surface area contributed by atoms with Gasteiger partial charge in [-0.05, 0) is 19.1 Å². The quantitative estimate of drug-likeness (QED) is 0.681. The van der Waals surface area contributed by atoms with Crippen molar-refractivity contribution in [3.05, 3.63) is 34.9 Å². The van der Waals surface area contributed by atoms with Crippen molar-refractivity contribution in [3.8, 4) is 0 Å². The van der Waals surface area contributed by atoms with Crippen LogP contribution in [0, 0.1) is 0 Å². The third-order valence-electron chi connectivity index (χ3n) is 2.41. The van der Waals surface area contributed by atoms with Crippen LogP contribution in [-0.2, 0) is 9.59 Å². The Morgan fingerprint density at radius 3 is 2.72 bits per heavy atom. The van der Waals surface area contributed by atoms with Gasteiger partial charge >= 0.3 is 0 Å². The number of halogens is 1. The first kappa shape index (κ1) is 14.5. The molecule has 0 saturated carbocycles. The minimum Gasteiger partial charge on any atom is -0.332 e. The van der Waals surface area contributed by atoms with Crippen LogP contribution in [0.1, 0.15) is 25.5 Å². The smallest absolute Gasteiger partial charge is 0.293 e. The Morgan fingerprint density at radius 2 is 2.11 bits per heavy atom. The average molecular weight is 271 g/mol. The molecule has 4 N–H and O–H groups in total. The molecule has 2 amide bonds. The van der Waals surface area contributed by atoms with Gasteiger partial charge in [-0.15, -0.1) is 0 Å². The molecule has 0 aromatic heterocycles. The monoisotopic (exact) mass is 270 g/mol. The lowest BCUT2D eigenvalue weighted by atomic mass is 10.1. The highest BCUT2D eigenvalue weighted by Gasteiger charge is 2.11. The van der Waals surface area contributed by atoms with E-state index in [-0.39, 0.29) is 24.4 Å². The summed E-state index contributed by atoms with van der Waals surface area (Å²) in [5.74, 6) is -0.551. The number of rotatable bonds is 4. The van der Waals surface area contributed by atoms with E-state index in [9.17, 15) is 9.59 Å². The van der Waals surface area contributed by atoms with Gasteiger partial charge in [-0.2, -0.15) is 0 Å². The molecule has 0 heterocycles. The summed E-state index contributed by atoms with van der Waals surface area (Å²) in [6, 6.07) is 7.63. The Hall–Kier alpha value is -1.59. The number of quaternary nitrogens is 1. The van der Waals surface area contributed by atoms with E-state index in [1.54, 1.807) is 6.07 Å². The number of nitrogens with one attached hydrogen (secondary N) is 2. The largest absolute Gasteiger partial charge is 0.332 e. The van der Waals surface area contributed by atoms with Crippen molar-refractivity contribution >= 4 is 23.4 Å². The molecule has 0 aliphatic rings. The maximum Gasteiger partial charge on any atom is 0.293 e. The van der Waals surface area contributed by atoms with Crippen LogP contribution in [0.15, 0.2) is 24.3 Å². The number of hydrazine groups is 1. The molecule has 0 saturated heterocycles. The zero-order valence-electron chi connectivity index (χ0n) is 10.4. The molecule has 1 rings (SSSR count). The normalized spacial score (nSPS) is 11.7. The third-order valence-corrected chi connectivity index (χ3v) is 2.64. The molecule has 0 radical (unpaired) electrons. The number of carbonyl (C=O) groups excluding carboxylic acids is 2. The van der Waals surface area contributed by atoms with Gasteiger partial charge < -0.3 is 5.32 Å². The number of benzene rings is 1. The van der Waals surface area contributed by atoms with Crippen LogP contribution in [0.2, 0.25) is 5.02 Å². The van der Waals surface area contributed by atoms with Gasteiger partial charge in [0.1, 0.15) is 6.04 Å². The molecule has 0 fully saturated rings. The molecule has 98 valence electrons. The molecule has 0 unspecified atom stereocenters. The molecule has 18 heavy (non-hydrogen) atoms. The predicted octanol–water partition coefficient (Wildman–Crippen LogP) is 0.132. The first-order valence-electron chi connectivity index (χ1n) is 5.63. The van der Waals surface area contributed by atoms with E-state index < -0.39 is 0 Å². The van der Waals surface area contributed by atoms with Crippen molar-refractivity contribution in [2.45, 2.75) is 19.9 Å². The van der Waals surface area contributed by atoms with E-state index in [4.69, 9.17) is 11.6 Å². The molecular formula is C12H17ClN3O2+. The lowest BCUT2D eigenvalue weighted by Crippen LogP contribution is -2.87. The summed E-state index contributed by atoms with van der Waals surface area (Å²) in [5.41, 5.74) is 5.59. The molecule has 1 aromatic rings. The first-order valence-corrected chi connectivity index (χ1v) is 6.01. The van der Waals surface area contributed by atoms with Crippen LogP contribution in [0.4, 0.5) is 0 Å². The second-order valence-corrected chi connectivity index (χ2v) is 4.45. The van der Waals surface area contributed by atoms with Gasteiger partial charge in [0, 0.05) is 17.5 Å². The summed E-state index contributed by atoms with van der Waals surface area (Å²) in [4.78, 5) is 22.0. The lowest BCUT2D eigenvalue weighted by molar-refractivity contribution is -0.682. The van der Waals surface area contributed by atoms with Gasteiger partial charge in [0.2, 0.25) is 5.91 Å². The number of nitrogens with two attached hydrogens (primary N) is 1. The summed E-state index contributed by atoms with van der Waals surface area (Å²) in [7, 11) is 0. The van der Waals surface area contributed by atoms with Crippen LogP contribution < -0.4 is 16.2 Å². The fourth-order valence-electron chi connectivity index (χ4n) is 1.42. The van der Waals surface area contributed by atoms with Crippen LogP contribution in [0.5, 0.6) is 0 Å². The Balaban J connectivity index is 2.39. The van der Waals surface area contributed by atoms with Crippen molar-refractivity contribution in [2.75, 3.05) is 6.54 Å². The van der Waals surface area contributed by atoms with Crippen LogP contribution in [-0.4, -0.2) is 18.4 Å². The second kappa shape index (κ2) is 6.98. The van der Waals surface area contributed by atoms with Gasteiger partial charge in [-0.25, -0.2) is 0 Å². The maximum atomic E-state index is 11.4. The highest BCUT2D eigenvalue weighted by Crippen LogP contribution is 2.14. The summed E-state index contributed by atoms with van der Waals surface area (Å²) in [6.07, 6.45) is 0. The Bertz CT molecular complexity index is 437. The molecule has 1 atom stereocenters. The molecule has 0 aliphatic heterocycles. The number of hydrogen-bond donors (Lipinski definition) is 3. The van der Waals surface area contributed by atoms with E-state index in [1.807, 2.05) is 30.4 Å². The molecular weight excluding hydrogens is 254 g/mol. The van der Waals surface area contributed by atoms with Crippen molar-refractivity contribution in [2.24, 2.45) is 0 Å². The maximum absolute atomic E-state index is 11.4. The first-order chi connectivity index (χ1) is 8.49. The topological polar surface area (TPSA) is 74.8 Å². The summed E-state index contributed by atoms with van der Waals surface area (Å²) in [5, 5.41) is 2.54. The predicted molar refractivity (Wildman–Crippen MR) is 68.6 cm³/mol. The van der Waals surface area contributed by atoms with E-state index >= 15 is 0 Å². The van der Waals surface area contributed by atoms with Gasteiger partial charge in [0.15, 0.2) is 6.54 Å². The van der Waals surface area contributed by atoms with Crippen molar-refractivity contribution < 1.29 is 14.9 Å². The average Bonchev–Trinajstić information content (AvgIpc) is 2.33. The van der Waals surface area contributed by atoms with E-state index in [0.29, 0.717) is 5.02 Å². The van der Waals surface area contributed by atoms with Gasteiger partial charge in [0.05, 0.1) is 0 Å². The number of hydrogen-bond acceptors (Lipinski definition) is 2. The third kappa shape index (κ3) is 5.16. The van der Waals surface area contributed by atoms with Gasteiger partial charge in [-0.3, -0.25) is 20.4 Å². The molecule has 6 heteroatoms. The van der Waals surface area contributed by atoms with E-state index in [1.165, 1.54) is 6.92 Å². The van der Waals surface area contributed by atoms with E-state index in [0.717, 1.165) is 5.56 Å². The molecule has 0 spiro atoms. The van der Waals surface area contributed by atoms with Gasteiger partial charge in [-0.1, -0.05) is 23.7 Å². The Kier molecular flexibility index (Phi) is 5.61. The van der Waals surface area contributed by atoms with Crippen LogP contribution in [0.25, 0.3) is 0 Å².